The number of rotatable bonds is 5. The number of hydrogen-bond donors (Lipinski definition) is 1. The van der Waals surface area contributed by atoms with Gasteiger partial charge in [-0.25, -0.2) is 8.93 Å². The molecule has 1 aliphatic rings. The molecule has 2 atom stereocenters. The van der Waals surface area contributed by atoms with Crippen LogP contribution in [0.4, 0.5) is 0 Å². The van der Waals surface area contributed by atoms with E-state index in [1.807, 2.05) is 25.2 Å². The van der Waals surface area contributed by atoms with Crippen LogP contribution in [0.3, 0.4) is 0 Å². The quantitative estimate of drug-likeness (QED) is 0.831. The lowest BCUT2D eigenvalue weighted by Gasteiger charge is -2.32. The second-order valence-corrected chi connectivity index (χ2v) is 5.57. The monoisotopic (exact) mass is 268 g/mol. The van der Waals surface area contributed by atoms with Gasteiger partial charge in [-0.15, -0.1) is 0 Å². The lowest BCUT2D eigenvalue weighted by atomic mass is 10.1. The van der Waals surface area contributed by atoms with Crippen LogP contribution in [0.5, 0.6) is 0 Å². The van der Waals surface area contributed by atoms with Crippen LogP contribution in [0.1, 0.15) is 33.6 Å². The van der Waals surface area contributed by atoms with Crippen molar-refractivity contribution in [2.24, 2.45) is 0 Å². The highest BCUT2D eigenvalue weighted by atomic mass is 32.2. The SMILES string of the molecule is C=CC1=C(/C=C\C)S(=O)NCC(CCC)N1CC. The number of nitrogens with zero attached hydrogens (tertiary/aromatic N) is 1. The minimum absolute atomic E-state index is 0.389. The van der Waals surface area contributed by atoms with Crippen molar-refractivity contribution < 1.29 is 4.21 Å². The van der Waals surface area contributed by atoms with Crippen LogP contribution in [-0.4, -0.2) is 28.2 Å². The van der Waals surface area contributed by atoms with E-state index in [2.05, 4.69) is 30.0 Å². The van der Waals surface area contributed by atoms with Gasteiger partial charge in [0.1, 0.15) is 11.0 Å². The summed E-state index contributed by atoms with van der Waals surface area (Å²) in [6.07, 6.45) is 7.88. The molecule has 0 aromatic heterocycles. The smallest absolute Gasteiger partial charge is 0.127 e. The summed E-state index contributed by atoms with van der Waals surface area (Å²) in [5.41, 5.74) is 0.998. The van der Waals surface area contributed by atoms with E-state index in [4.69, 9.17) is 0 Å². The van der Waals surface area contributed by atoms with Crippen molar-refractivity contribution in [1.82, 2.24) is 9.62 Å². The van der Waals surface area contributed by atoms with E-state index in [1.165, 1.54) is 0 Å². The lowest BCUT2D eigenvalue weighted by molar-refractivity contribution is 0.260. The van der Waals surface area contributed by atoms with Gasteiger partial charge in [0.2, 0.25) is 0 Å². The predicted molar refractivity (Wildman–Crippen MR) is 79.3 cm³/mol. The van der Waals surface area contributed by atoms with Crippen LogP contribution < -0.4 is 4.72 Å². The Bertz CT molecular complexity index is 374. The summed E-state index contributed by atoms with van der Waals surface area (Å²) >= 11 is 0. The number of allylic oxidation sites excluding steroid dienone is 3. The van der Waals surface area contributed by atoms with Gasteiger partial charge < -0.3 is 4.90 Å². The van der Waals surface area contributed by atoms with E-state index in [-0.39, 0.29) is 0 Å². The fourth-order valence-electron chi connectivity index (χ4n) is 2.33. The molecule has 1 heterocycles. The molecule has 0 saturated carbocycles. The Kier molecular flexibility index (Phi) is 6.36. The van der Waals surface area contributed by atoms with Gasteiger partial charge in [0, 0.05) is 19.1 Å². The van der Waals surface area contributed by atoms with Crippen molar-refractivity contribution in [2.75, 3.05) is 13.1 Å². The molecule has 0 aliphatic carbocycles. The van der Waals surface area contributed by atoms with Crippen LogP contribution in [-0.2, 0) is 11.0 Å². The zero-order valence-electron chi connectivity index (χ0n) is 11.6. The van der Waals surface area contributed by atoms with E-state index in [1.54, 1.807) is 0 Å². The highest BCUT2D eigenvalue weighted by Gasteiger charge is 2.25. The van der Waals surface area contributed by atoms with E-state index >= 15 is 0 Å². The van der Waals surface area contributed by atoms with E-state index in [9.17, 15) is 4.21 Å². The Hall–Kier alpha value is -0.870. The standard InChI is InChI=1S/C14H24N2OS/c1-5-9-12-11-15-18(17)14(10-6-2)13(7-3)16(12)8-4/h6-7,10,12,15H,3,5,8-9,11H2,1-2,4H3/b10-6-. The summed E-state index contributed by atoms with van der Waals surface area (Å²) in [7, 11) is -1.14. The van der Waals surface area contributed by atoms with Crippen LogP contribution in [0.25, 0.3) is 0 Å². The number of hydrogen-bond acceptors (Lipinski definition) is 2. The predicted octanol–water partition coefficient (Wildman–Crippen LogP) is 2.72. The van der Waals surface area contributed by atoms with Crippen LogP contribution >= 0.6 is 0 Å². The summed E-state index contributed by atoms with van der Waals surface area (Å²) in [4.78, 5) is 3.14. The molecule has 0 radical (unpaired) electrons. The summed E-state index contributed by atoms with van der Waals surface area (Å²) in [5.74, 6) is 0. The van der Waals surface area contributed by atoms with Gasteiger partial charge >= 0.3 is 0 Å². The van der Waals surface area contributed by atoms with Crippen molar-refractivity contribution in [3.63, 3.8) is 0 Å². The van der Waals surface area contributed by atoms with Gasteiger partial charge in [0.05, 0.1) is 10.6 Å². The average molecular weight is 268 g/mol. The molecule has 0 aromatic rings. The molecule has 18 heavy (non-hydrogen) atoms. The maximum atomic E-state index is 12.2. The first-order chi connectivity index (χ1) is 8.69. The zero-order chi connectivity index (χ0) is 13.5. The molecular formula is C14H24N2OS. The van der Waals surface area contributed by atoms with E-state index in [0.717, 1.165) is 36.5 Å². The minimum atomic E-state index is -1.14. The molecule has 0 spiro atoms. The summed E-state index contributed by atoms with van der Waals surface area (Å²) in [5, 5.41) is 0. The average Bonchev–Trinajstić information content (AvgIpc) is 2.49. The third-order valence-electron chi connectivity index (χ3n) is 3.13. The fourth-order valence-corrected chi connectivity index (χ4v) is 3.48. The Morgan fingerprint density at radius 2 is 2.28 bits per heavy atom. The van der Waals surface area contributed by atoms with Gasteiger partial charge in [0.25, 0.3) is 0 Å². The summed E-state index contributed by atoms with van der Waals surface area (Å²) < 4.78 is 15.3. The third-order valence-corrected chi connectivity index (χ3v) is 4.30. The van der Waals surface area contributed by atoms with Crippen molar-refractivity contribution >= 4 is 11.0 Å². The molecule has 0 amide bonds. The van der Waals surface area contributed by atoms with Crippen molar-refractivity contribution in [1.29, 1.82) is 0 Å². The number of nitrogens with one attached hydrogen (secondary N) is 1. The Balaban J connectivity index is 3.21. The lowest BCUT2D eigenvalue weighted by Crippen LogP contribution is -2.39. The molecule has 0 saturated heterocycles. The molecule has 3 nitrogen and oxygen atoms in total. The van der Waals surface area contributed by atoms with E-state index < -0.39 is 11.0 Å². The first kappa shape index (κ1) is 15.2. The third kappa shape index (κ3) is 3.33. The molecule has 0 aromatic carbocycles. The largest absolute Gasteiger partial charge is 0.367 e. The molecule has 2 unspecified atom stereocenters. The molecule has 0 bridgehead atoms. The highest BCUT2D eigenvalue weighted by molar-refractivity contribution is 7.87. The Morgan fingerprint density at radius 3 is 2.78 bits per heavy atom. The maximum absolute atomic E-state index is 12.2. The molecular weight excluding hydrogens is 244 g/mol. The minimum Gasteiger partial charge on any atom is -0.367 e. The van der Waals surface area contributed by atoms with Crippen molar-refractivity contribution in [3.05, 3.63) is 35.4 Å². The van der Waals surface area contributed by atoms with Crippen molar-refractivity contribution in [2.45, 2.75) is 39.7 Å². The summed E-state index contributed by atoms with van der Waals surface area (Å²) in [6.45, 7) is 11.8. The number of likely N-dealkylation sites (N-methyl/N-ethyl adjacent to an activating group) is 1. The first-order valence-electron chi connectivity index (χ1n) is 6.60. The highest BCUT2D eigenvalue weighted by Crippen LogP contribution is 2.23. The Labute approximate surface area is 113 Å². The second-order valence-electron chi connectivity index (χ2n) is 4.30. The van der Waals surface area contributed by atoms with Gasteiger partial charge in [-0.3, -0.25) is 0 Å². The van der Waals surface area contributed by atoms with Crippen LogP contribution in [0, 0.1) is 0 Å². The second kappa shape index (κ2) is 7.54. The molecule has 1 rings (SSSR count). The molecule has 102 valence electrons. The fraction of sp³-hybridized carbons (Fsp3) is 0.571. The summed E-state index contributed by atoms with van der Waals surface area (Å²) in [6, 6.07) is 0.389. The first-order valence-corrected chi connectivity index (χ1v) is 7.75. The molecule has 4 heteroatoms. The Morgan fingerprint density at radius 1 is 1.56 bits per heavy atom. The van der Waals surface area contributed by atoms with Gasteiger partial charge in [-0.1, -0.05) is 26.0 Å². The van der Waals surface area contributed by atoms with Gasteiger partial charge in [-0.2, -0.15) is 0 Å². The van der Waals surface area contributed by atoms with Gasteiger partial charge in [0.15, 0.2) is 0 Å². The molecule has 1 N–H and O–H groups in total. The molecule has 1 aliphatic heterocycles. The van der Waals surface area contributed by atoms with Crippen molar-refractivity contribution in [3.8, 4) is 0 Å². The van der Waals surface area contributed by atoms with Gasteiger partial charge in [-0.05, 0) is 32.4 Å². The van der Waals surface area contributed by atoms with Crippen LogP contribution in [0.2, 0.25) is 0 Å². The topological polar surface area (TPSA) is 32.3 Å². The van der Waals surface area contributed by atoms with Crippen LogP contribution in [0.15, 0.2) is 35.4 Å². The normalized spacial score (nSPS) is 25.6. The zero-order valence-corrected chi connectivity index (χ0v) is 12.4. The molecule has 0 fully saturated rings. The maximum Gasteiger partial charge on any atom is 0.127 e. The van der Waals surface area contributed by atoms with E-state index in [0.29, 0.717) is 6.04 Å².